The summed E-state index contributed by atoms with van der Waals surface area (Å²) in [5.74, 6) is 0.357. The van der Waals surface area contributed by atoms with E-state index in [9.17, 15) is 5.26 Å². The van der Waals surface area contributed by atoms with E-state index in [-0.39, 0.29) is 0 Å². The molecular weight excluding hydrogens is 226 g/mol. The van der Waals surface area contributed by atoms with Gasteiger partial charge < -0.3 is 4.74 Å². The molecule has 0 saturated carbocycles. The van der Waals surface area contributed by atoms with Crippen LogP contribution in [0.25, 0.3) is 0 Å². The molecule has 0 N–H and O–H groups in total. The molecule has 0 unspecified atom stereocenters. The molecule has 0 spiro atoms. The van der Waals surface area contributed by atoms with Crippen molar-refractivity contribution in [1.82, 2.24) is 10.2 Å². The molecule has 0 aliphatic heterocycles. The Labute approximate surface area is 108 Å². The van der Waals surface area contributed by atoms with Crippen molar-refractivity contribution in [2.75, 3.05) is 6.61 Å². The number of aromatic nitrogens is 2. The van der Waals surface area contributed by atoms with E-state index < -0.39 is 0 Å². The van der Waals surface area contributed by atoms with E-state index in [1.54, 1.807) is 0 Å². The van der Waals surface area contributed by atoms with Crippen molar-refractivity contribution in [2.45, 2.75) is 39.5 Å². The number of nitrogens with zero attached hydrogens (tertiary/aromatic N) is 3. The van der Waals surface area contributed by atoms with Crippen molar-refractivity contribution < 1.29 is 4.74 Å². The lowest BCUT2D eigenvalue weighted by Gasteiger charge is -2.10. The third-order valence-corrected chi connectivity index (χ3v) is 2.72. The summed E-state index contributed by atoms with van der Waals surface area (Å²) in [6, 6.07) is 2.18. The number of hydrogen-bond acceptors (Lipinski definition) is 4. The minimum absolute atomic E-state index is 0.357. The number of nitriles is 1. The van der Waals surface area contributed by atoms with Gasteiger partial charge in [0.25, 0.3) is 5.88 Å². The number of hydrogen-bond donors (Lipinski definition) is 0. The Bertz CT molecular complexity index is 449. The Kier molecular flexibility index (Phi) is 5.86. The molecule has 0 aromatic carbocycles. The van der Waals surface area contributed by atoms with Crippen molar-refractivity contribution in [2.24, 2.45) is 0 Å². The van der Waals surface area contributed by atoms with Crippen LogP contribution in [0.3, 0.4) is 0 Å². The molecule has 0 bridgehead atoms. The van der Waals surface area contributed by atoms with Crippen LogP contribution >= 0.6 is 0 Å². The Morgan fingerprint density at radius 1 is 1.33 bits per heavy atom. The molecule has 1 heterocycles. The third-order valence-electron chi connectivity index (χ3n) is 2.72. The quantitative estimate of drug-likeness (QED) is 0.547. The van der Waals surface area contributed by atoms with Crippen molar-refractivity contribution in [3.63, 3.8) is 0 Å². The Balaban J connectivity index is 2.92. The molecule has 0 radical (unpaired) electrons. The molecule has 4 nitrogen and oxygen atoms in total. The summed E-state index contributed by atoms with van der Waals surface area (Å²) in [7, 11) is 0. The van der Waals surface area contributed by atoms with E-state index in [2.05, 4.69) is 22.8 Å². The smallest absolute Gasteiger partial charge is 0.251 e. The summed E-state index contributed by atoms with van der Waals surface area (Å²) < 4.78 is 5.53. The predicted molar refractivity (Wildman–Crippen MR) is 70.4 cm³/mol. The summed E-state index contributed by atoms with van der Waals surface area (Å²) in [5, 5.41) is 17.4. The fourth-order valence-corrected chi connectivity index (χ4v) is 1.77. The van der Waals surface area contributed by atoms with Crippen molar-refractivity contribution in [1.29, 1.82) is 5.26 Å². The second-order valence-electron chi connectivity index (χ2n) is 3.90. The lowest BCUT2D eigenvalue weighted by atomic mass is 10.0. The first kappa shape index (κ1) is 14.2. The molecule has 96 valence electrons. The molecule has 0 aliphatic carbocycles. The molecule has 4 heteroatoms. The first-order valence-electron chi connectivity index (χ1n) is 6.30. The van der Waals surface area contributed by atoms with E-state index in [0.29, 0.717) is 18.1 Å². The normalized spacial score (nSPS) is 9.83. The van der Waals surface area contributed by atoms with Crippen LogP contribution in [0.2, 0.25) is 0 Å². The molecule has 1 rings (SSSR count). The monoisotopic (exact) mass is 245 g/mol. The van der Waals surface area contributed by atoms with Crippen molar-refractivity contribution >= 4 is 0 Å². The van der Waals surface area contributed by atoms with E-state index in [1.807, 2.05) is 19.9 Å². The van der Waals surface area contributed by atoms with Gasteiger partial charge in [-0.2, -0.15) is 10.4 Å². The van der Waals surface area contributed by atoms with E-state index >= 15 is 0 Å². The summed E-state index contributed by atoms with van der Waals surface area (Å²) in [6.07, 6.45) is 5.15. The number of rotatable bonds is 7. The predicted octanol–water partition coefficient (Wildman–Crippen LogP) is 2.82. The van der Waals surface area contributed by atoms with Gasteiger partial charge in [-0.05, 0) is 31.2 Å². The van der Waals surface area contributed by atoms with Crippen molar-refractivity contribution in [3.05, 3.63) is 29.5 Å². The van der Waals surface area contributed by atoms with Gasteiger partial charge in [-0.25, -0.2) is 0 Å². The number of aryl methyl sites for hydroxylation is 1. The highest BCUT2D eigenvalue weighted by Gasteiger charge is 2.14. The zero-order valence-electron chi connectivity index (χ0n) is 11.1. The fourth-order valence-electron chi connectivity index (χ4n) is 1.77. The SMILES string of the molecule is C=CCCCOc1nnc(CC)c(CC)c1C#N. The Hall–Kier alpha value is -1.89. The van der Waals surface area contributed by atoms with E-state index in [0.717, 1.165) is 36.9 Å². The van der Waals surface area contributed by atoms with Crippen LogP contribution in [0, 0.1) is 11.3 Å². The average Bonchev–Trinajstić information content (AvgIpc) is 2.42. The van der Waals surface area contributed by atoms with Crippen molar-refractivity contribution in [3.8, 4) is 11.9 Å². The molecule has 1 aromatic rings. The lowest BCUT2D eigenvalue weighted by molar-refractivity contribution is 0.295. The van der Waals surface area contributed by atoms with Gasteiger partial charge in [0, 0.05) is 0 Å². The minimum Gasteiger partial charge on any atom is -0.476 e. The zero-order valence-corrected chi connectivity index (χ0v) is 11.1. The molecule has 1 aromatic heterocycles. The molecule has 0 aliphatic rings. The highest BCUT2D eigenvalue weighted by molar-refractivity contribution is 5.46. The molecular formula is C14H19N3O. The maximum atomic E-state index is 9.24. The van der Waals surface area contributed by atoms with Crippen LogP contribution in [-0.4, -0.2) is 16.8 Å². The van der Waals surface area contributed by atoms with Gasteiger partial charge in [0.15, 0.2) is 0 Å². The summed E-state index contributed by atoms with van der Waals surface area (Å²) in [6.45, 7) is 8.21. The number of unbranched alkanes of at least 4 members (excludes halogenated alkanes) is 1. The van der Waals surface area contributed by atoms with Gasteiger partial charge in [0.2, 0.25) is 0 Å². The largest absolute Gasteiger partial charge is 0.476 e. The molecule has 0 amide bonds. The first-order valence-corrected chi connectivity index (χ1v) is 6.30. The standard InChI is InChI=1S/C14H19N3O/c1-4-7-8-9-18-14-12(10-15)11(5-2)13(6-3)16-17-14/h4H,1,5-9H2,2-3H3. The number of ether oxygens (including phenoxy) is 1. The van der Waals surface area contributed by atoms with Crippen LogP contribution in [0.1, 0.15) is 43.5 Å². The molecule has 0 fully saturated rings. The highest BCUT2D eigenvalue weighted by atomic mass is 16.5. The van der Waals surface area contributed by atoms with E-state index in [1.165, 1.54) is 0 Å². The maximum Gasteiger partial charge on any atom is 0.251 e. The minimum atomic E-state index is 0.357. The van der Waals surface area contributed by atoms with Gasteiger partial charge in [-0.1, -0.05) is 19.9 Å². The Morgan fingerprint density at radius 2 is 2.11 bits per heavy atom. The Morgan fingerprint density at radius 3 is 2.67 bits per heavy atom. The molecule has 0 atom stereocenters. The second-order valence-corrected chi connectivity index (χ2v) is 3.90. The van der Waals surface area contributed by atoms with Gasteiger partial charge in [0.1, 0.15) is 11.6 Å². The zero-order chi connectivity index (χ0) is 13.4. The number of allylic oxidation sites excluding steroid dienone is 1. The second kappa shape index (κ2) is 7.44. The fraction of sp³-hybridized carbons (Fsp3) is 0.500. The first-order chi connectivity index (χ1) is 8.78. The van der Waals surface area contributed by atoms with Crippen LogP contribution in [0.5, 0.6) is 5.88 Å². The summed E-state index contributed by atoms with van der Waals surface area (Å²) >= 11 is 0. The topological polar surface area (TPSA) is 58.8 Å². The molecule has 0 saturated heterocycles. The highest BCUT2D eigenvalue weighted by Crippen LogP contribution is 2.21. The van der Waals surface area contributed by atoms with Crippen LogP contribution in [0.15, 0.2) is 12.7 Å². The summed E-state index contributed by atoms with van der Waals surface area (Å²) in [5.41, 5.74) is 2.36. The lowest BCUT2D eigenvalue weighted by Crippen LogP contribution is -2.08. The summed E-state index contributed by atoms with van der Waals surface area (Å²) in [4.78, 5) is 0. The van der Waals surface area contributed by atoms with Crippen LogP contribution < -0.4 is 4.74 Å². The average molecular weight is 245 g/mol. The van der Waals surface area contributed by atoms with Crippen LogP contribution in [0.4, 0.5) is 0 Å². The van der Waals surface area contributed by atoms with Gasteiger partial charge in [-0.15, -0.1) is 11.7 Å². The van der Waals surface area contributed by atoms with Crippen LogP contribution in [-0.2, 0) is 12.8 Å². The molecule has 18 heavy (non-hydrogen) atoms. The third kappa shape index (κ3) is 3.30. The maximum absolute atomic E-state index is 9.24. The van der Waals surface area contributed by atoms with Gasteiger partial charge in [-0.3, -0.25) is 0 Å². The van der Waals surface area contributed by atoms with Gasteiger partial charge >= 0.3 is 0 Å². The van der Waals surface area contributed by atoms with E-state index in [4.69, 9.17) is 4.74 Å². The van der Waals surface area contributed by atoms with Gasteiger partial charge in [0.05, 0.1) is 12.3 Å².